The summed E-state index contributed by atoms with van der Waals surface area (Å²) in [7, 11) is 0. The molecule has 0 saturated heterocycles. The van der Waals surface area contributed by atoms with Gasteiger partial charge in [-0.05, 0) is 18.2 Å². The summed E-state index contributed by atoms with van der Waals surface area (Å²) in [6.45, 7) is 0. The highest BCUT2D eigenvalue weighted by molar-refractivity contribution is 5.79. The Hall–Kier alpha value is -3.56. The molecule has 4 aromatic rings. The number of aromatic nitrogens is 7. The van der Waals surface area contributed by atoms with Crippen molar-refractivity contribution in [3.05, 3.63) is 37.0 Å². The van der Waals surface area contributed by atoms with Crippen LogP contribution in [0, 0.1) is 0 Å². The average Bonchev–Trinajstić information content (AvgIpc) is 3.18. The van der Waals surface area contributed by atoms with Gasteiger partial charge in [-0.1, -0.05) is 10.2 Å². The number of hydrogen-bond acceptors (Lipinski definition) is 9. The van der Waals surface area contributed by atoms with Gasteiger partial charge in [0.1, 0.15) is 5.75 Å². The fraction of sp³-hybridized carbons (Fsp3) is 0. The van der Waals surface area contributed by atoms with Crippen LogP contribution in [0.2, 0.25) is 0 Å². The summed E-state index contributed by atoms with van der Waals surface area (Å²) in [5.74, 6) is 0.948. The molecule has 22 heavy (non-hydrogen) atoms. The molecule has 0 unspecified atom stereocenters. The number of nitrogens with zero attached hydrogens (tertiary/aromatic N) is 6. The lowest BCUT2D eigenvalue weighted by molar-refractivity contribution is 0.434. The third-order valence-corrected chi connectivity index (χ3v) is 2.76. The molecule has 1 aromatic carbocycles. The van der Waals surface area contributed by atoms with Crippen LogP contribution in [0.1, 0.15) is 0 Å². The van der Waals surface area contributed by atoms with Gasteiger partial charge in [-0.3, -0.25) is 10.4 Å². The standard InChI is InChI=1S/C12H8N8O2/c1-2-9-7(4-13-18-9)3-8(1)22-12-17-10(5-14-20-12)16-11-19-15-6-21-11/h1-6H,(H,13,18)(H,16,17,19,20). The zero-order chi connectivity index (χ0) is 14.8. The Bertz CT molecular complexity index is 904. The summed E-state index contributed by atoms with van der Waals surface area (Å²) in [6.07, 6.45) is 4.32. The first-order valence-electron chi connectivity index (χ1n) is 6.21. The highest BCUT2D eigenvalue weighted by Gasteiger charge is 2.07. The summed E-state index contributed by atoms with van der Waals surface area (Å²) in [4.78, 5) is 4.15. The maximum atomic E-state index is 5.58. The number of anilines is 2. The van der Waals surface area contributed by atoms with Gasteiger partial charge in [0.05, 0.1) is 17.9 Å². The Morgan fingerprint density at radius 3 is 3.05 bits per heavy atom. The molecule has 2 N–H and O–H groups in total. The van der Waals surface area contributed by atoms with Crippen molar-refractivity contribution in [1.29, 1.82) is 0 Å². The van der Waals surface area contributed by atoms with E-state index in [1.807, 2.05) is 12.1 Å². The van der Waals surface area contributed by atoms with E-state index in [1.54, 1.807) is 12.3 Å². The van der Waals surface area contributed by atoms with E-state index < -0.39 is 0 Å². The minimum absolute atomic E-state index is 0.0901. The molecule has 0 fully saturated rings. The van der Waals surface area contributed by atoms with E-state index in [-0.39, 0.29) is 12.0 Å². The molecular weight excluding hydrogens is 288 g/mol. The van der Waals surface area contributed by atoms with E-state index in [0.29, 0.717) is 11.6 Å². The van der Waals surface area contributed by atoms with Gasteiger partial charge < -0.3 is 9.15 Å². The fourth-order valence-electron chi connectivity index (χ4n) is 1.82. The lowest BCUT2D eigenvalue weighted by atomic mass is 10.2. The molecule has 0 radical (unpaired) electrons. The number of aromatic amines is 1. The topological polar surface area (TPSA) is 128 Å². The molecule has 0 bridgehead atoms. The van der Waals surface area contributed by atoms with Crippen LogP contribution in [-0.2, 0) is 0 Å². The van der Waals surface area contributed by atoms with Gasteiger partial charge in [-0.15, -0.1) is 5.10 Å². The highest BCUT2D eigenvalue weighted by atomic mass is 16.5. The van der Waals surface area contributed by atoms with Crippen LogP contribution in [0.3, 0.4) is 0 Å². The monoisotopic (exact) mass is 296 g/mol. The molecule has 0 amide bonds. The second-order valence-corrected chi connectivity index (χ2v) is 4.21. The maximum Gasteiger partial charge on any atom is 0.343 e. The van der Waals surface area contributed by atoms with Crippen LogP contribution >= 0.6 is 0 Å². The second-order valence-electron chi connectivity index (χ2n) is 4.21. The molecule has 108 valence electrons. The van der Waals surface area contributed by atoms with Crippen LogP contribution in [0.15, 0.2) is 41.4 Å². The predicted octanol–water partition coefficient (Wildman–Crippen LogP) is 1.67. The largest absolute Gasteiger partial charge is 0.423 e. The second kappa shape index (κ2) is 5.09. The van der Waals surface area contributed by atoms with Gasteiger partial charge in [-0.25, -0.2) is 0 Å². The number of rotatable bonds is 4. The molecule has 4 rings (SSSR count). The van der Waals surface area contributed by atoms with Gasteiger partial charge in [0, 0.05) is 5.39 Å². The first-order chi connectivity index (χ1) is 10.9. The van der Waals surface area contributed by atoms with E-state index >= 15 is 0 Å². The zero-order valence-corrected chi connectivity index (χ0v) is 11.0. The lowest BCUT2D eigenvalue weighted by Gasteiger charge is -2.04. The number of nitrogens with one attached hydrogen (secondary N) is 2. The molecule has 0 atom stereocenters. The molecule has 0 aliphatic carbocycles. The first kappa shape index (κ1) is 12.2. The molecular formula is C12H8N8O2. The number of ether oxygens (including phenoxy) is 1. The number of fused-ring (bicyclic) bond motifs is 1. The number of hydrogen-bond donors (Lipinski definition) is 2. The third kappa shape index (κ3) is 2.40. The zero-order valence-electron chi connectivity index (χ0n) is 11.0. The van der Waals surface area contributed by atoms with Gasteiger partial charge in [0.15, 0.2) is 5.82 Å². The molecule has 3 aromatic heterocycles. The predicted molar refractivity (Wildman–Crippen MR) is 73.6 cm³/mol. The SMILES string of the molecule is c1nnc(Nc2cnnc(Oc3ccc4[nH]ncc4c3)n2)o1. The number of H-pyrrole nitrogens is 1. The van der Waals surface area contributed by atoms with E-state index in [1.165, 1.54) is 12.6 Å². The van der Waals surface area contributed by atoms with Crippen LogP contribution in [0.5, 0.6) is 11.8 Å². The summed E-state index contributed by atoms with van der Waals surface area (Å²) in [6, 6.07) is 5.74. The third-order valence-electron chi connectivity index (χ3n) is 2.76. The Morgan fingerprint density at radius 2 is 2.14 bits per heavy atom. The van der Waals surface area contributed by atoms with Crippen molar-refractivity contribution in [3.8, 4) is 11.8 Å². The lowest BCUT2D eigenvalue weighted by Crippen LogP contribution is -1.99. The Balaban J connectivity index is 1.57. The van der Waals surface area contributed by atoms with Gasteiger partial charge >= 0.3 is 12.0 Å². The smallest absolute Gasteiger partial charge is 0.343 e. The molecule has 0 spiro atoms. The van der Waals surface area contributed by atoms with Crippen molar-refractivity contribution in [1.82, 2.24) is 35.6 Å². The van der Waals surface area contributed by atoms with E-state index in [9.17, 15) is 0 Å². The normalized spacial score (nSPS) is 10.7. The minimum atomic E-state index is 0.0901. The fourth-order valence-corrected chi connectivity index (χ4v) is 1.82. The highest BCUT2D eigenvalue weighted by Crippen LogP contribution is 2.23. The molecule has 10 nitrogen and oxygen atoms in total. The summed E-state index contributed by atoms with van der Waals surface area (Å²) >= 11 is 0. The van der Waals surface area contributed by atoms with Crippen molar-refractivity contribution < 1.29 is 9.15 Å². The van der Waals surface area contributed by atoms with Gasteiger partial charge in [-0.2, -0.15) is 15.2 Å². The summed E-state index contributed by atoms with van der Waals surface area (Å²) in [5, 5.41) is 25.4. The van der Waals surface area contributed by atoms with Crippen molar-refractivity contribution in [2.75, 3.05) is 5.32 Å². The molecule has 3 heterocycles. The van der Waals surface area contributed by atoms with Crippen molar-refractivity contribution >= 4 is 22.7 Å². The summed E-state index contributed by atoms with van der Waals surface area (Å²) < 4.78 is 10.5. The Morgan fingerprint density at radius 1 is 1.14 bits per heavy atom. The van der Waals surface area contributed by atoms with Crippen molar-refractivity contribution in [3.63, 3.8) is 0 Å². The van der Waals surface area contributed by atoms with E-state index in [0.717, 1.165) is 10.9 Å². The van der Waals surface area contributed by atoms with Gasteiger partial charge in [0.2, 0.25) is 6.39 Å². The van der Waals surface area contributed by atoms with Crippen LogP contribution in [0.4, 0.5) is 11.8 Å². The Labute approximate surface area is 122 Å². The van der Waals surface area contributed by atoms with E-state index in [4.69, 9.17) is 9.15 Å². The molecule has 10 heteroatoms. The molecule has 0 saturated carbocycles. The Kier molecular flexibility index (Phi) is 2.82. The van der Waals surface area contributed by atoms with Crippen molar-refractivity contribution in [2.45, 2.75) is 0 Å². The quantitative estimate of drug-likeness (QED) is 0.577. The van der Waals surface area contributed by atoms with Gasteiger partial charge in [0.25, 0.3) is 0 Å². The number of benzene rings is 1. The molecule has 0 aliphatic heterocycles. The van der Waals surface area contributed by atoms with Crippen LogP contribution < -0.4 is 10.1 Å². The van der Waals surface area contributed by atoms with Crippen LogP contribution in [0.25, 0.3) is 10.9 Å². The average molecular weight is 296 g/mol. The van der Waals surface area contributed by atoms with Crippen LogP contribution in [-0.4, -0.2) is 35.6 Å². The first-order valence-corrected chi connectivity index (χ1v) is 6.21. The van der Waals surface area contributed by atoms with Crippen molar-refractivity contribution in [2.24, 2.45) is 0 Å². The molecule has 0 aliphatic rings. The maximum absolute atomic E-state index is 5.58. The van der Waals surface area contributed by atoms with E-state index in [2.05, 4.69) is 40.9 Å². The minimum Gasteiger partial charge on any atom is -0.423 e. The summed E-state index contributed by atoms with van der Waals surface area (Å²) in [5.41, 5.74) is 0.915.